The third-order valence-electron chi connectivity index (χ3n) is 5.16. The van der Waals surface area contributed by atoms with E-state index in [-0.39, 0.29) is 23.1 Å². The standard InChI is InChI=1S/C24H31FN6O5S/c1-23(2,3)36-22(32)28-21-29-24(4,14-37(33)31(21)5)17-12-15(8-10-18(17)25)27-20(30-35-7)19-11-9-16(34-6)13-26-19/h8-13H,14H2,1-7H3,(H,27,30)(H,28,29,32)/t24-,37?/m0/s1. The molecule has 1 aliphatic heterocycles. The van der Waals surface area contributed by atoms with Gasteiger partial charge < -0.3 is 9.47 Å². The maximum absolute atomic E-state index is 15.1. The Morgan fingerprint density at radius 2 is 1.97 bits per heavy atom. The number of carbonyl (C=O) groups excluding carboxylic acids is 1. The van der Waals surface area contributed by atoms with Gasteiger partial charge in [-0.25, -0.2) is 33.8 Å². The second-order valence-corrected chi connectivity index (χ2v) is 10.8. The van der Waals surface area contributed by atoms with Crippen molar-refractivity contribution in [3.8, 4) is 5.75 Å². The molecule has 2 heterocycles. The van der Waals surface area contributed by atoms with Crippen LogP contribution in [0.5, 0.6) is 5.75 Å². The van der Waals surface area contributed by atoms with Crippen LogP contribution in [0.2, 0.25) is 0 Å². The highest BCUT2D eigenvalue weighted by atomic mass is 32.2. The molecule has 0 spiro atoms. The molecule has 2 aromatic rings. The van der Waals surface area contributed by atoms with Crippen LogP contribution in [0.15, 0.2) is 46.5 Å². The number of hydrogen-bond donors (Lipinski definition) is 2. The highest BCUT2D eigenvalue weighted by Crippen LogP contribution is 2.34. The van der Waals surface area contributed by atoms with Crippen LogP contribution >= 0.6 is 0 Å². The van der Waals surface area contributed by atoms with Crippen LogP contribution in [0.4, 0.5) is 14.9 Å². The number of rotatable bonds is 5. The van der Waals surface area contributed by atoms with Gasteiger partial charge in [0.2, 0.25) is 5.96 Å². The number of hydroxylamine groups is 1. The molecule has 0 saturated carbocycles. The van der Waals surface area contributed by atoms with Crippen molar-refractivity contribution in [2.75, 3.05) is 27.0 Å². The number of amides is 1. The van der Waals surface area contributed by atoms with E-state index in [9.17, 15) is 9.00 Å². The van der Waals surface area contributed by atoms with Crippen molar-refractivity contribution in [2.45, 2.75) is 38.8 Å². The lowest BCUT2D eigenvalue weighted by molar-refractivity contribution is 0.0559. The first-order valence-corrected chi connectivity index (χ1v) is 12.5. The van der Waals surface area contributed by atoms with E-state index < -0.39 is 34.0 Å². The number of methoxy groups -OCH3 is 1. The summed E-state index contributed by atoms with van der Waals surface area (Å²) in [6.45, 7) is 6.80. The number of carbonyl (C=O) groups is 1. The van der Waals surface area contributed by atoms with Crippen LogP contribution in [0.25, 0.3) is 0 Å². The third kappa shape index (κ3) is 7.01. The molecular weight excluding hydrogens is 503 g/mol. The van der Waals surface area contributed by atoms with Gasteiger partial charge in [0.15, 0.2) is 5.84 Å². The SMILES string of the molecule is CONC(=Nc1ccc(F)c([C@]2(C)CS(=O)N(C)C(NC(=O)OC(C)(C)C)=N2)c1)c1ccc(OC)cn1. The number of pyridine rings is 1. The Balaban J connectivity index is 2.01. The number of benzene rings is 1. The molecule has 37 heavy (non-hydrogen) atoms. The first-order chi connectivity index (χ1) is 17.3. The lowest BCUT2D eigenvalue weighted by atomic mass is 9.93. The molecule has 0 fully saturated rings. The lowest BCUT2D eigenvalue weighted by Crippen LogP contribution is -2.52. The van der Waals surface area contributed by atoms with E-state index in [1.54, 1.807) is 39.8 Å². The largest absolute Gasteiger partial charge is 0.495 e. The molecular formula is C24H31FN6O5S. The number of ether oxygens (including phenoxy) is 2. The molecule has 2 atom stereocenters. The van der Waals surface area contributed by atoms with Crippen molar-refractivity contribution >= 4 is 34.6 Å². The summed E-state index contributed by atoms with van der Waals surface area (Å²) < 4.78 is 39.8. The van der Waals surface area contributed by atoms with Crippen LogP contribution < -0.4 is 15.5 Å². The molecule has 2 N–H and O–H groups in total. The Morgan fingerprint density at radius 1 is 1.24 bits per heavy atom. The van der Waals surface area contributed by atoms with E-state index in [0.29, 0.717) is 17.1 Å². The number of hydrogen-bond acceptors (Lipinski definition) is 8. The van der Waals surface area contributed by atoms with Crippen LogP contribution in [-0.2, 0) is 26.1 Å². The molecule has 11 nitrogen and oxygen atoms in total. The quantitative estimate of drug-likeness (QED) is 0.343. The Kier molecular flexibility index (Phi) is 8.49. The first kappa shape index (κ1) is 28.0. The zero-order chi connectivity index (χ0) is 27.4. The van der Waals surface area contributed by atoms with Crippen LogP contribution in [0.3, 0.4) is 0 Å². The fourth-order valence-electron chi connectivity index (χ4n) is 3.40. The van der Waals surface area contributed by atoms with Crippen molar-refractivity contribution in [1.29, 1.82) is 0 Å². The van der Waals surface area contributed by atoms with Gasteiger partial charge in [-0.15, -0.1) is 0 Å². The number of nitrogens with zero attached hydrogens (tertiary/aromatic N) is 4. The maximum atomic E-state index is 15.1. The van der Waals surface area contributed by atoms with Gasteiger partial charge in [0.05, 0.1) is 31.9 Å². The summed E-state index contributed by atoms with van der Waals surface area (Å²) >= 11 is 0. The average molecular weight is 535 g/mol. The first-order valence-electron chi connectivity index (χ1n) is 11.3. The van der Waals surface area contributed by atoms with Crippen molar-refractivity contribution < 1.29 is 27.7 Å². The number of aromatic nitrogens is 1. The fraction of sp³-hybridized carbons (Fsp3) is 0.417. The second-order valence-electron chi connectivity index (χ2n) is 9.31. The van der Waals surface area contributed by atoms with Crippen molar-refractivity contribution in [3.63, 3.8) is 0 Å². The van der Waals surface area contributed by atoms with Gasteiger partial charge >= 0.3 is 6.09 Å². The van der Waals surface area contributed by atoms with Gasteiger partial charge in [0.1, 0.15) is 39.4 Å². The molecule has 0 aliphatic carbocycles. The maximum Gasteiger partial charge on any atom is 0.414 e. The minimum Gasteiger partial charge on any atom is -0.495 e. The van der Waals surface area contributed by atoms with Crippen molar-refractivity contribution in [2.24, 2.45) is 9.98 Å². The molecule has 13 heteroatoms. The number of nitrogens with one attached hydrogen (secondary N) is 2. The summed E-state index contributed by atoms with van der Waals surface area (Å²) in [6.07, 6.45) is 0.765. The van der Waals surface area contributed by atoms with E-state index in [4.69, 9.17) is 14.3 Å². The topological polar surface area (TPSA) is 127 Å². The lowest BCUT2D eigenvalue weighted by Gasteiger charge is -2.35. The number of aliphatic imine (C=N–C) groups is 2. The van der Waals surface area contributed by atoms with Gasteiger partial charge in [0, 0.05) is 12.6 Å². The highest BCUT2D eigenvalue weighted by Gasteiger charge is 2.39. The molecule has 0 radical (unpaired) electrons. The summed E-state index contributed by atoms with van der Waals surface area (Å²) in [5, 5.41) is 2.52. The number of alkyl carbamates (subject to hydrolysis) is 1. The van der Waals surface area contributed by atoms with E-state index in [1.165, 1.54) is 50.0 Å². The van der Waals surface area contributed by atoms with Crippen molar-refractivity contribution in [1.82, 2.24) is 20.1 Å². The fourth-order valence-corrected chi connectivity index (χ4v) is 4.58. The molecule has 1 unspecified atom stereocenters. The van der Waals surface area contributed by atoms with Gasteiger partial charge in [-0.05, 0) is 58.0 Å². The van der Waals surface area contributed by atoms with E-state index in [1.807, 2.05) is 0 Å². The molecule has 200 valence electrons. The normalized spacial score (nSPS) is 20.2. The minimum atomic E-state index is -1.61. The second kappa shape index (κ2) is 11.2. The van der Waals surface area contributed by atoms with Crippen LogP contribution in [0, 0.1) is 5.82 Å². The van der Waals surface area contributed by atoms with E-state index in [2.05, 4.69) is 25.8 Å². The van der Waals surface area contributed by atoms with Gasteiger partial charge in [-0.2, -0.15) is 0 Å². The predicted molar refractivity (Wildman–Crippen MR) is 138 cm³/mol. The number of amidine groups is 1. The summed E-state index contributed by atoms with van der Waals surface area (Å²) in [7, 11) is 2.87. The molecule has 1 amide bonds. The third-order valence-corrected chi connectivity index (χ3v) is 6.75. The van der Waals surface area contributed by atoms with Gasteiger partial charge in [-0.1, -0.05) is 0 Å². The zero-order valence-electron chi connectivity index (χ0n) is 21.8. The monoisotopic (exact) mass is 534 g/mol. The molecule has 1 aliphatic rings. The van der Waals surface area contributed by atoms with E-state index in [0.717, 1.165) is 0 Å². The zero-order valence-corrected chi connectivity index (χ0v) is 22.6. The summed E-state index contributed by atoms with van der Waals surface area (Å²) in [5.74, 6) is 0.263. The molecule has 3 rings (SSSR count). The Hall–Kier alpha value is -3.58. The highest BCUT2D eigenvalue weighted by molar-refractivity contribution is 7.83. The summed E-state index contributed by atoms with van der Waals surface area (Å²) in [4.78, 5) is 30.8. The smallest absolute Gasteiger partial charge is 0.414 e. The average Bonchev–Trinajstić information content (AvgIpc) is 2.82. The Morgan fingerprint density at radius 3 is 2.57 bits per heavy atom. The molecule has 0 bridgehead atoms. The van der Waals surface area contributed by atoms with Crippen LogP contribution in [0.1, 0.15) is 39.0 Å². The Bertz CT molecular complexity index is 1230. The summed E-state index contributed by atoms with van der Waals surface area (Å²) in [5.41, 5.74) is 1.64. The molecule has 1 aromatic carbocycles. The van der Waals surface area contributed by atoms with Gasteiger partial charge in [0.25, 0.3) is 0 Å². The van der Waals surface area contributed by atoms with Crippen molar-refractivity contribution in [3.05, 3.63) is 53.6 Å². The number of halogens is 1. The summed E-state index contributed by atoms with van der Waals surface area (Å²) in [6, 6.07) is 7.65. The minimum absolute atomic E-state index is 0.00110. The predicted octanol–water partition coefficient (Wildman–Crippen LogP) is 3.16. The van der Waals surface area contributed by atoms with Gasteiger partial charge in [-0.3, -0.25) is 14.5 Å². The molecule has 1 aromatic heterocycles. The number of guanidine groups is 1. The van der Waals surface area contributed by atoms with E-state index >= 15 is 4.39 Å². The Labute approximate surface area is 217 Å². The van der Waals surface area contributed by atoms with Crippen LogP contribution in [-0.4, -0.2) is 64.0 Å². The molecule has 0 saturated heterocycles.